The van der Waals surface area contributed by atoms with Crippen LogP contribution < -0.4 is 0 Å². The van der Waals surface area contributed by atoms with Gasteiger partial charge in [0.15, 0.2) is 0 Å². The van der Waals surface area contributed by atoms with Crippen molar-refractivity contribution in [3.05, 3.63) is 0 Å². The molecule has 0 saturated carbocycles. The summed E-state index contributed by atoms with van der Waals surface area (Å²) in [7, 11) is 4.15. The standard InChI is InChI=1S/C2H7ClSi.H6Si2/c3-1-2-4;1-2/h1-2H2,4H3;1-2H3. The van der Waals surface area contributed by atoms with Crippen LogP contribution in [0, 0.1) is 0 Å². The number of halogens is 1. The highest BCUT2D eigenvalue weighted by Gasteiger charge is 1.59. The molecular formula is C2H13ClSi3. The maximum absolute atomic E-state index is 5.22. The summed E-state index contributed by atoms with van der Waals surface area (Å²) in [6.07, 6.45) is 0. The van der Waals surface area contributed by atoms with E-state index in [0.717, 1.165) is 5.88 Å². The van der Waals surface area contributed by atoms with Gasteiger partial charge in [0.1, 0.15) is 0 Å². The first-order valence-electron chi connectivity index (χ1n) is 2.47. The van der Waals surface area contributed by atoms with Gasteiger partial charge in [-0.25, -0.2) is 0 Å². The summed E-state index contributed by atoms with van der Waals surface area (Å²) in [4.78, 5) is 0. The largest absolute Gasteiger partial charge is 0.127 e. The minimum absolute atomic E-state index is 0.853. The number of hydrogen-bond donors (Lipinski definition) is 0. The molecule has 0 bridgehead atoms. The first kappa shape index (κ1) is 10.0. The molecule has 6 heavy (non-hydrogen) atoms. The molecule has 0 amide bonds. The molecule has 0 aliphatic rings. The zero-order valence-corrected chi connectivity index (χ0v) is 11.5. The molecule has 0 radical (unpaired) electrons. The fourth-order valence-corrected chi connectivity index (χ4v) is 0. The van der Waals surface area contributed by atoms with Crippen LogP contribution in [0.25, 0.3) is 0 Å². The van der Waals surface area contributed by atoms with Crippen LogP contribution in [0.3, 0.4) is 0 Å². The molecule has 0 rings (SSSR count). The van der Waals surface area contributed by atoms with Gasteiger partial charge in [-0.1, -0.05) is 6.04 Å². The number of hydrogen-bond acceptors (Lipinski definition) is 0. The smallest absolute Gasteiger partial charge is 0.0192 e. The maximum Gasteiger partial charge on any atom is 0.0192 e. The molecule has 0 N–H and O–H groups in total. The van der Waals surface area contributed by atoms with Gasteiger partial charge in [-0.15, -0.1) is 11.6 Å². The van der Waals surface area contributed by atoms with Crippen molar-refractivity contribution < 1.29 is 0 Å². The lowest BCUT2D eigenvalue weighted by molar-refractivity contribution is 1.49. The SMILES string of the molecule is [SiH3]CCCl.[SiH3][SiH3]. The maximum atomic E-state index is 5.22. The lowest BCUT2D eigenvalue weighted by Gasteiger charge is -1.65. The Hall–Kier alpha value is 0.941. The average Bonchev–Trinajstić information content (AvgIpc) is 1.72. The van der Waals surface area contributed by atoms with E-state index in [9.17, 15) is 0 Å². The zero-order valence-electron chi connectivity index (χ0n) is 4.79. The van der Waals surface area contributed by atoms with Crippen LogP contribution in [0.2, 0.25) is 6.04 Å². The van der Waals surface area contributed by atoms with Gasteiger partial charge in [0.25, 0.3) is 0 Å². The quantitative estimate of drug-likeness (QED) is 0.295. The van der Waals surface area contributed by atoms with Crippen LogP contribution in [-0.2, 0) is 0 Å². The molecule has 0 aromatic heterocycles. The Labute approximate surface area is 53.7 Å². The van der Waals surface area contributed by atoms with E-state index in [0.29, 0.717) is 0 Å². The van der Waals surface area contributed by atoms with E-state index in [4.69, 9.17) is 11.6 Å². The normalized spacial score (nSPS) is 7.50. The van der Waals surface area contributed by atoms with Crippen LogP contribution >= 0.6 is 11.6 Å². The summed E-state index contributed by atoms with van der Waals surface area (Å²) in [5, 5.41) is 0. The minimum atomic E-state index is 0.853. The van der Waals surface area contributed by atoms with Crippen molar-refractivity contribution in [3.8, 4) is 0 Å². The summed E-state index contributed by atoms with van der Waals surface area (Å²) >= 11 is 5.22. The van der Waals surface area contributed by atoms with E-state index in [-0.39, 0.29) is 0 Å². The Kier molecular flexibility index (Phi) is 28.0. The summed E-state index contributed by atoms with van der Waals surface area (Å²) < 4.78 is 0. The van der Waals surface area contributed by atoms with Crippen LogP contribution in [-0.4, -0.2) is 35.6 Å². The first-order valence-corrected chi connectivity index (χ1v) is 12.4. The molecular weight excluding hydrogens is 144 g/mol. The average molecular weight is 157 g/mol. The Bertz CT molecular complexity index is 10.8. The molecule has 0 aliphatic heterocycles. The highest BCUT2D eigenvalue weighted by molar-refractivity contribution is 6.75. The van der Waals surface area contributed by atoms with E-state index in [1.165, 1.54) is 35.8 Å². The molecule has 0 fully saturated rings. The van der Waals surface area contributed by atoms with E-state index >= 15 is 0 Å². The van der Waals surface area contributed by atoms with Crippen LogP contribution in [0.1, 0.15) is 0 Å². The fourth-order valence-electron chi connectivity index (χ4n) is 0. The van der Waals surface area contributed by atoms with Crippen molar-refractivity contribution in [2.24, 2.45) is 0 Å². The van der Waals surface area contributed by atoms with Gasteiger partial charge < -0.3 is 0 Å². The third-order valence-electron chi connectivity index (χ3n) is 0.189. The second-order valence-electron chi connectivity index (χ2n) is 0.689. The summed E-state index contributed by atoms with van der Waals surface area (Å²) in [6, 6.07) is 1.22. The molecule has 0 aliphatic carbocycles. The Morgan fingerprint density at radius 3 is 1.50 bits per heavy atom. The molecule has 0 aromatic rings. The van der Waals surface area contributed by atoms with Crippen molar-refractivity contribution in [2.45, 2.75) is 6.04 Å². The predicted octanol–water partition coefficient (Wildman–Crippen LogP) is -2.36. The second kappa shape index (κ2) is 16.8. The second-order valence-corrected chi connectivity index (χ2v) is 2.07. The van der Waals surface area contributed by atoms with Crippen molar-refractivity contribution in [1.29, 1.82) is 0 Å². The fraction of sp³-hybridized carbons (Fsp3) is 1.00. The van der Waals surface area contributed by atoms with Gasteiger partial charge in [0, 0.05) is 16.1 Å². The van der Waals surface area contributed by atoms with Gasteiger partial charge >= 0.3 is 0 Å². The third-order valence-corrected chi connectivity index (χ3v) is 1.70. The Morgan fingerprint density at radius 2 is 1.50 bits per heavy atom. The predicted molar refractivity (Wildman–Crippen MR) is 45.3 cm³/mol. The Morgan fingerprint density at radius 1 is 1.33 bits per heavy atom. The number of rotatable bonds is 1. The lowest BCUT2D eigenvalue weighted by Crippen LogP contribution is -1.62. The summed E-state index contributed by atoms with van der Waals surface area (Å²) in [5.41, 5.74) is 0. The number of alkyl halides is 1. The molecule has 0 aromatic carbocycles. The van der Waals surface area contributed by atoms with Crippen molar-refractivity contribution in [3.63, 3.8) is 0 Å². The first-order chi connectivity index (χ1) is 2.91. The van der Waals surface area contributed by atoms with Crippen molar-refractivity contribution in [1.82, 2.24) is 0 Å². The van der Waals surface area contributed by atoms with Gasteiger partial charge in [0.2, 0.25) is 0 Å². The summed E-state index contributed by atoms with van der Waals surface area (Å²) in [6.45, 7) is 0. The highest BCUT2D eigenvalue weighted by Crippen LogP contribution is 1.73. The van der Waals surface area contributed by atoms with E-state index in [2.05, 4.69) is 0 Å². The Balaban J connectivity index is 0. The van der Waals surface area contributed by atoms with Crippen LogP contribution in [0.5, 0.6) is 0 Å². The van der Waals surface area contributed by atoms with Crippen LogP contribution in [0.15, 0.2) is 0 Å². The molecule has 40 valence electrons. The molecule has 0 atom stereocenters. The molecule has 0 nitrogen and oxygen atoms in total. The highest BCUT2D eigenvalue weighted by atomic mass is 35.5. The molecule has 0 unspecified atom stereocenters. The van der Waals surface area contributed by atoms with E-state index < -0.39 is 0 Å². The summed E-state index contributed by atoms with van der Waals surface area (Å²) in [5.74, 6) is 0.853. The molecule has 4 heteroatoms. The molecule has 0 heterocycles. The molecule has 0 saturated heterocycles. The van der Waals surface area contributed by atoms with Crippen LogP contribution in [0.4, 0.5) is 0 Å². The third kappa shape index (κ3) is 20.4. The van der Waals surface area contributed by atoms with Gasteiger partial charge in [0.05, 0.1) is 0 Å². The van der Waals surface area contributed by atoms with Crippen molar-refractivity contribution in [2.75, 3.05) is 5.88 Å². The van der Waals surface area contributed by atoms with E-state index in [1.54, 1.807) is 0 Å². The van der Waals surface area contributed by atoms with Gasteiger partial charge in [-0.05, 0) is 19.5 Å². The van der Waals surface area contributed by atoms with Gasteiger partial charge in [-0.3, -0.25) is 0 Å². The monoisotopic (exact) mass is 156 g/mol. The lowest BCUT2D eigenvalue weighted by atomic mass is 11.0. The minimum Gasteiger partial charge on any atom is -0.127 e. The van der Waals surface area contributed by atoms with E-state index in [1.807, 2.05) is 0 Å². The molecule has 0 spiro atoms. The topological polar surface area (TPSA) is 0 Å². The zero-order chi connectivity index (χ0) is 5.41. The van der Waals surface area contributed by atoms with Gasteiger partial charge in [-0.2, -0.15) is 0 Å². The van der Waals surface area contributed by atoms with Crippen molar-refractivity contribution >= 4 is 41.4 Å².